The highest BCUT2D eigenvalue weighted by Crippen LogP contribution is 1.95. The Balaban J connectivity index is 3.11. The van der Waals surface area contributed by atoms with Gasteiger partial charge in [-0.25, -0.2) is 0 Å². The van der Waals surface area contributed by atoms with Gasteiger partial charge < -0.3 is 0 Å². The molecule has 0 aliphatic heterocycles. The van der Waals surface area contributed by atoms with Crippen LogP contribution in [0.1, 0.15) is 28.9 Å². The number of halogens is 1. The summed E-state index contributed by atoms with van der Waals surface area (Å²) < 4.78 is 14.0. The van der Waals surface area contributed by atoms with Crippen LogP contribution in [-0.2, 0) is 0 Å². The van der Waals surface area contributed by atoms with Gasteiger partial charge in [0, 0.05) is 8.02 Å². The van der Waals surface area contributed by atoms with E-state index in [9.17, 15) is 0 Å². The fourth-order valence-electron chi connectivity index (χ4n) is 0.244. The Morgan fingerprint density at radius 3 is 2.50 bits per heavy atom. The number of unbranched alkanes of at least 4 members (excludes halogenated alkanes) is 1. The molecule has 0 rings (SSSR count). The van der Waals surface area contributed by atoms with Gasteiger partial charge in [-0.1, -0.05) is 35.7 Å². The molecule has 0 heterocycles. The molecular weight excluding hydrogens is 140 g/mol. The first-order chi connectivity index (χ1) is 3.56. The van der Waals surface area contributed by atoms with E-state index in [1.54, 1.807) is 0 Å². The smallest absolute Gasteiger partial charge is 0.0387 e. The standard InChI is InChI=1S/C5H11Br/c1-2-3-4-5-6/h2-5H2,1H3/i5D2. The van der Waals surface area contributed by atoms with Gasteiger partial charge in [0.15, 0.2) is 0 Å². The minimum atomic E-state index is -1.14. The summed E-state index contributed by atoms with van der Waals surface area (Å²) in [7, 11) is 0. The fourth-order valence-corrected chi connectivity index (χ4v) is 0.524. The van der Waals surface area contributed by atoms with Gasteiger partial charge in [-0.3, -0.25) is 0 Å². The van der Waals surface area contributed by atoms with Crippen molar-refractivity contribution in [3.8, 4) is 0 Å². The van der Waals surface area contributed by atoms with E-state index in [-0.39, 0.29) is 0 Å². The molecule has 0 fully saturated rings. The van der Waals surface area contributed by atoms with Crippen molar-refractivity contribution >= 4 is 15.9 Å². The second kappa shape index (κ2) is 5.48. The highest BCUT2D eigenvalue weighted by Gasteiger charge is 1.76. The molecule has 0 spiro atoms. The van der Waals surface area contributed by atoms with Crippen LogP contribution in [0.15, 0.2) is 0 Å². The summed E-state index contributed by atoms with van der Waals surface area (Å²) in [6, 6.07) is 0. The summed E-state index contributed by atoms with van der Waals surface area (Å²) in [6.45, 7) is 2.05. The van der Waals surface area contributed by atoms with E-state index in [0.29, 0.717) is 6.42 Å². The molecule has 0 bridgehead atoms. The molecule has 0 amide bonds. The summed E-state index contributed by atoms with van der Waals surface area (Å²) in [4.78, 5) is 0. The van der Waals surface area contributed by atoms with E-state index < -0.39 is 5.28 Å². The average molecular weight is 153 g/mol. The Hall–Kier alpha value is 0.480. The quantitative estimate of drug-likeness (QED) is 0.546. The van der Waals surface area contributed by atoms with Gasteiger partial charge in [0.2, 0.25) is 0 Å². The molecule has 6 heavy (non-hydrogen) atoms. The molecule has 0 aromatic heterocycles. The zero-order valence-corrected chi connectivity index (χ0v) is 5.59. The second-order valence-corrected chi connectivity index (χ2v) is 1.80. The Labute approximate surface area is 50.9 Å². The first kappa shape index (κ1) is 3.48. The van der Waals surface area contributed by atoms with Crippen LogP contribution in [0.3, 0.4) is 0 Å². The van der Waals surface area contributed by atoms with E-state index in [1.165, 1.54) is 0 Å². The molecule has 0 unspecified atom stereocenters. The maximum atomic E-state index is 7.02. The normalized spacial score (nSPS) is 16.3. The molecule has 0 N–H and O–H groups in total. The van der Waals surface area contributed by atoms with Gasteiger partial charge in [0.1, 0.15) is 0 Å². The minimum absolute atomic E-state index is 0.615. The van der Waals surface area contributed by atoms with Crippen molar-refractivity contribution < 1.29 is 2.74 Å². The minimum Gasteiger partial charge on any atom is -0.0928 e. The third-order valence-corrected chi connectivity index (χ3v) is 1.02. The van der Waals surface area contributed by atoms with Crippen LogP contribution in [0.2, 0.25) is 0 Å². The zero-order chi connectivity index (χ0) is 6.62. The molecule has 0 aromatic rings. The summed E-state index contributed by atoms with van der Waals surface area (Å²) in [6.07, 6.45) is 2.63. The van der Waals surface area contributed by atoms with Crippen LogP contribution >= 0.6 is 15.9 Å². The van der Waals surface area contributed by atoms with Crippen molar-refractivity contribution in [2.24, 2.45) is 0 Å². The van der Waals surface area contributed by atoms with Crippen LogP contribution in [0.25, 0.3) is 0 Å². The van der Waals surface area contributed by atoms with Crippen molar-refractivity contribution in [2.75, 3.05) is 5.28 Å². The number of hydrogen-bond acceptors (Lipinski definition) is 0. The van der Waals surface area contributed by atoms with Crippen molar-refractivity contribution in [1.29, 1.82) is 0 Å². The lowest BCUT2D eigenvalue weighted by molar-refractivity contribution is 0.781. The first-order valence-corrected chi connectivity index (χ1v) is 3.04. The van der Waals surface area contributed by atoms with Crippen molar-refractivity contribution in [3.63, 3.8) is 0 Å². The predicted octanol–water partition coefficient (Wildman–Crippen LogP) is 2.57. The van der Waals surface area contributed by atoms with E-state index in [1.807, 2.05) is 0 Å². The molecule has 0 saturated carbocycles. The van der Waals surface area contributed by atoms with Crippen LogP contribution < -0.4 is 0 Å². The Morgan fingerprint density at radius 1 is 1.67 bits per heavy atom. The van der Waals surface area contributed by atoms with E-state index >= 15 is 0 Å². The Bertz CT molecular complexity index is 57.9. The summed E-state index contributed by atoms with van der Waals surface area (Å²) in [5.74, 6) is 0. The molecule has 38 valence electrons. The van der Waals surface area contributed by atoms with E-state index in [0.717, 1.165) is 12.8 Å². The van der Waals surface area contributed by atoms with Crippen LogP contribution in [-0.4, -0.2) is 5.28 Å². The third-order valence-electron chi connectivity index (χ3n) is 0.625. The molecule has 0 aliphatic rings. The van der Waals surface area contributed by atoms with Gasteiger partial charge in [0.25, 0.3) is 0 Å². The highest BCUT2D eigenvalue weighted by molar-refractivity contribution is 9.09. The number of alkyl halides is 1. The third kappa shape index (κ3) is 4.48. The molecule has 0 saturated heterocycles. The molecule has 0 aromatic carbocycles. The van der Waals surface area contributed by atoms with Gasteiger partial charge in [-0.2, -0.15) is 0 Å². The maximum Gasteiger partial charge on any atom is 0.0387 e. The zero-order valence-electron chi connectivity index (χ0n) is 6.00. The molecule has 0 aliphatic carbocycles. The van der Waals surface area contributed by atoms with Gasteiger partial charge in [0.05, 0.1) is 0 Å². The Kier molecular flexibility index (Phi) is 3.18. The monoisotopic (exact) mass is 152 g/mol. The maximum absolute atomic E-state index is 7.02. The number of rotatable bonds is 3. The molecule has 1 heteroatoms. The van der Waals surface area contributed by atoms with E-state index in [4.69, 9.17) is 2.74 Å². The van der Waals surface area contributed by atoms with Crippen LogP contribution in [0.5, 0.6) is 0 Å². The molecule has 0 atom stereocenters. The lowest BCUT2D eigenvalue weighted by Gasteiger charge is -1.85. The second-order valence-electron chi connectivity index (χ2n) is 1.24. The summed E-state index contributed by atoms with van der Waals surface area (Å²) in [5, 5.41) is -1.14. The molecule has 0 radical (unpaired) electrons. The average Bonchev–Trinajstić information content (AvgIpc) is 1.59. The molecule has 0 nitrogen and oxygen atoms in total. The van der Waals surface area contributed by atoms with Gasteiger partial charge in [-0.05, 0) is 6.42 Å². The van der Waals surface area contributed by atoms with Crippen molar-refractivity contribution in [3.05, 3.63) is 0 Å². The van der Waals surface area contributed by atoms with E-state index in [2.05, 4.69) is 22.9 Å². The lowest BCUT2D eigenvalue weighted by Crippen LogP contribution is -1.70. The molecular formula is C5H11Br. The summed E-state index contributed by atoms with van der Waals surface area (Å²) in [5.41, 5.74) is 0. The highest BCUT2D eigenvalue weighted by atomic mass is 79.9. The Morgan fingerprint density at radius 2 is 2.33 bits per heavy atom. The van der Waals surface area contributed by atoms with Gasteiger partial charge in [-0.15, -0.1) is 0 Å². The van der Waals surface area contributed by atoms with Crippen LogP contribution in [0.4, 0.5) is 0 Å². The first-order valence-electron chi connectivity index (χ1n) is 3.25. The number of hydrogen-bond donors (Lipinski definition) is 0. The fraction of sp³-hybridized carbons (Fsp3) is 1.00. The summed E-state index contributed by atoms with van der Waals surface area (Å²) >= 11 is 2.91. The van der Waals surface area contributed by atoms with Crippen LogP contribution in [0, 0.1) is 0 Å². The lowest BCUT2D eigenvalue weighted by atomic mass is 10.3. The SMILES string of the molecule is [2H]C([2H])(Br)CCCC. The largest absolute Gasteiger partial charge is 0.0928 e. The topological polar surface area (TPSA) is 0 Å². The van der Waals surface area contributed by atoms with Gasteiger partial charge >= 0.3 is 0 Å². The van der Waals surface area contributed by atoms with Crippen molar-refractivity contribution in [1.82, 2.24) is 0 Å². The van der Waals surface area contributed by atoms with Crippen molar-refractivity contribution in [2.45, 2.75) is 26.2 Å². The predicted molar refractivity (Wildman–Crippen MR) is 33.3 cm³/mol.